The standard InChI is InChI=1S/C19H19ClN2O2S2/c1-13-3-2-4-14(9-13)10-25-19-21-17-11-26(23,24)12-18(17)22(19)16-7-5-15(20)6-8-16/h2-9,17-18H,10-12H2,1H3/t17-,18+/m1/s1. The van der Waals surface area contributed by atoms with Gasteiger partial charge in [-0.2, -0.15) is 0 Å². The van der Waals surface area contributed by atoms with E-state index in [4.69, 9.17) is 16.6 Å². The molecule has 7 heteroatoms. The fraction of sp³-hybridized carbons (Fsp3) is 0.316. The van der Waals surface area contributed by atoms with Gasteiger partial charge >= 0.3 is 0 Å². The van der Waals surface area contributed by atoms with Crippen LogP contribution in [0.4, 0.5) is 5.69 Å². The topological polar surface area (TPSA) is 49.7 Å². The second-order valence-corrected chi connectivity index (χ2v) is 10.3. The summed E-state index contributed by atoms with van der Waals surface area (Å²) in [5, 5.41) is 1.55. The molecule has 2 aromatic rings. The highest BCUT2D eigenvalue weighted by Crippen LogP contribution is 2.36. The van der Waals surface area contributed by atoms with Crippen molar-refractivity contribution in [3.8, 4) is 0 Å². The third kappa shape index (κ3) is 3.63. The number of halogens is 1. The van der Waals surface area contributed by atoms with Gasteiger partial charge in [0.15, 0.2) is 15.0 Å². The van der Waals surface area contributed by atoms with Gasteiger partial charge in [0.2, 0.25) is 0 Å². The van der Waals surface area contributed by atoms with Crippen LogP contribution in [0.1, 0.15) is 11.1 Å². The molecule has 1 saturated heterocycles. The molecule has 0 saturated carbocycles. The number of hydrogen-bond acceptors (Lipinski definition) is 5. The zero-order chi connectivity index (χ0) is 18.3. The monoisotopic (exact) mass is 406 g/mol. The summed E-state index contributed by atoms with van der Waals surface area (Å²) in [6, 6.07) is 15.6. The Morgan fingerprint density at radius 3 is 2.69 bits per heavy atom. The van der Waals surface area contributed by atoms with E-state index in [1.54, 1.807) is 11.8 Å². The van der Waals surface area contributed by atoms with Gasteiger partial charge in [-0.15, -0.1) is 0 Å². The van der Waals surface area contributed by atoms with E-state index in [1.165, 1.54) is 11.1 Å². The van der Waals surface area contributed by atoms with Gasteiger partial charge in [0, 0.05) is 16.5 Å². The minimum absolute atomic E-state index is 0.124. The van der Waals surface area contributed by atoms with Gasteiger partial charge in [0.05, 0.1) is 23.6 Å². The van der Waals surface area contributed by atoms with Crippen LogP contribution in [0.15, 0.2) is 53.5 Å². The van der Waals surface area contributed by atoms with E-state index < -0.39 is 9.84 Å². The fourth-order valence-corrected chi connectivity index (χ4v) is 6.52. The molecule has 26 heavy (non-hydrogen) atoms. The average Bonchev–Trinajstić information content (AvgIpc) is 3.05. The molecule has 2 heterocycles. The Balaban J connectivity index is 1.61. The lowest BCUT2D eigenvalue weighted by molar-refractivity contribution is 0.601. The summed E-state index contributed by atoms with van der Waals surface area (Å²) in [7, 11) is -3.03. The van der Waals surface area contributed by atoms with E-state index >= 15 is 0 Å². The van der Waals surface area contributed by atoms with E-state index in [0.717, 1.165) is 16.6 Å². The van der Waals surface area contributed by atoms with Crippen LogP contribution in [0.3, 0.4) is 0 Å². The van der Waals surface area contributed by atoms with Crippen molar-refractivity contribution in [3.63, 3.8) is 0 Å². The second-order valence-electron chi connectivity index (χ2n) is 6.75. The minimum Gasteiger partial charge on any atom is -0.315 e. The number of sulfone groups is 1. The molecule has 0 radical (unpaired) electrons. The molecule has 0 aliphatic carbocycles. The highest BCUT2D eigenvalue weighted by molar-refractivity contribution is 8.13. The van der Waals surface area contributed by atoms with Gasteiger partial charge in [-0.05, 0) is 36.8 Å². The Morgan fingerprint density at radius 2 is 1.96 bits per heavy atom. The molecule has 0 aromatic heterocycles. The third-order valence-corrected chi connectivity index (χ3v) is 7.65. The molecule has 0 spiro atoms. The number of rotatable bonds is 3. The lowest BCUT2D eigenvalue weighted by Gasteiger charge is -2.26. The van der Waals surface area contributed by atoms with Crippen LogP contribution >= 0.6 is 23.4 Å². The molecule has 1 fully saturated rings. The first-order chi connectivity index (χ1) is 12.4. The molecular weight excluding hydrogens is 388 g/mol. The summed E-state index contributed by atoms with van der Waals surface area (Å²) in [5.74, 6) is 1.09. The van der Waals surface area contributed by atoms with Gasteiger partial charge in [-0.1, -0.05) is 53.2 Å². The number of fused-ring (bicyclic) bond motifs is 1. The zero-order valence-corrected chi connectivity index (χ0v) is 16.7. The van der Waals surface area contributed by atoms with Crippen molar-refractivity contribution in [1.82, 2.24) is 0 Å². The SMILES string of the molecule is Cc1cccc(CSC2=N[C@@H]3CS(=O)(=O)C[C@@H]3N2c2ccc(Cl)cc2)c1. The maximum absolute atomic E-state index is 12.1. The summed E-state index contributed by atoms with van der Waals surface area (Å²) in [4.78, 5) is 6.83. The van der Waals surface area contributed by atoms with Crippen LogP contribution in [0.5, 0.6) is 0 Å². The van der Waals surface area contributed by atoms with Crippen molar-refractivity contribution in [2.75, 3.05) is 16.4 Å². The van der Waals surface area contributed by atoms with Gasteiger partial charge in [0.25, 0.3) is 0 Å². The molecule has 2 atom stereocenters. The number of amidine groups is 1. The van der Waals surface area contributed by atoms with Crippen molar-refractivity contribution < 1.29 is 8.42 Å². The van der Waals surface area contributed by atoms with Gasteiger partial charge in [0.1, 0.15) is 0 Å². The van der Waals surface area contributed by atoms with Gasteiger partial charge in [-0.25, -0.2) is 8.42 Å². The Morgan fingerprint density at radius 1 is 1.19 bits per heavy atom. The molecular formula is C19H19ClN2O2S2. The summed E-state index contributed by atoms with van der Waals surface area (Å²) >= 11 is 7.68. The van der Waals surface area contributed by atoms with Crippen LogP contribution in [0.25, 0.3) is 0 Å². The lowest BCUT2D eigenvalue weighted by Crippen LogP contribution is -2.39. The Bertz CT molecular complexity index is 958. The Labute approximate surface area is 163 Å². The van der Waals surface area contributed by atoms with Crippen LogP contribution in [-0.4, -0.2) is 37.2 Å². The molecule has 0 unspecified atom stereocenters. The highest BCUT2D eigenvalue weighted by atomic mass is 35.5. The number of anilines is 1. The largest absolute Gasteiger partial charge is 0.315 e. The molecule has 2 aliphatic rings. The van der Waals surface area contributed by atoms with Gasteiger partial charge in [-0.3, -0.25) is 4.99 Å². The second kappa shape index (κ2) is 6.91. The van der Waals surface area contributed by atoms with E-state index in [0.29, 0.717) is 5.02 Å². The zero-order valence-electron chi connectivity index (χ0n) is 14.3. The molecule has 0 N–H and O–H groups in total. The first-order valence-electron chi connectivity index (χ1n) is 8.43. The fourth-order valence-electron chi connectivity index (χ4n) is 3.49. The van der Waals surface area contributed by atoms with Crippen LogP contribution in [0.2, 0.25) is 5.02 Å². The molecule has 2 aromatic carbocycles. The number of aryl methyl sites for hydroxylation is 1. The maximum Gasteiger partial charge on any atom is 0.164 e. The Hall–Kier alpha value is -1.50. The van der Waals surface area contributed by atoms with Crippen molar-refractivity contribution >= 4 is 44.1 Å². The molecule has 0 bridgehead atoms. The number of thioether (sulfide) groups is 1. The predicted molar refractivity (Wildman–Crippen MR) is 110 cm³/mol. The molecule has 0 amide bonds. The average molecular weight is 407 g/mol. The number of hydrogen-bond donors (Lipinski definition) is 0. The summed E-state index contributed by atoms with van der Waals surface area (Å²) in [6.45, 7) is 2.08. The van der Waals surface area contributed by atoms with Crippen molar-refractivity contribution in [3.05, 3.63) is 64.7 Å². The quantitative estimate of drug-likeness (QED) is 0.775. The lowest BCUT2D eigenvalue weighted by atomic mass is 10.1. The first-order valence-corrected chi connectivity index (χ1v) is 11.6. The first kappa shape index (κ1) is 17.9. The van der Waals surface area contributed by atoms with Crippen LogP contribution in [-0.2, 0) is 15.6 Å². The summed E-state index contributed by atoms with van der Waals surface area (Å²) < 4.78 is 24.1. The predicted octanol–water partition coefficient (Wildman–Crippen LogP) is 3.92. The summed E-state index contributed by atoms with van der Waals surface area (Å²) in [6.07, 6.45) is 0. The van der Waals surface area contributed by atoms with Gasteiger partial charge < -0.3 is 4.90 Å². The molecule has 2 aliphatic heterocycles. The van der Waals surface area contributed by atoms with E-state index in [2.05, 4.69) is 36.1 Å². The van der Waals surface area contributed by atoms with Crippen LogP contribution in [0, 0.1) is 6.92 Å². The normalized spacial score (nSPS) is 23.8. The van der Waals surface area contributed by atoms with Crippen molar-refractivity contribution in [1.29, 1.82) is 0 Å². The van der Waals surface area contributed by atoms with Crippen molar-refractivity contribution in [2.24, 2.45) is 4.99 Å². The Kier molecular flexibility index (Phi) is 4.75. The number of aliphatic imine (C=N–C) groups is 1. The molecule has 4 nitrogen and oxygen atoms in total. The van der Waals surface area contributed by atoms with E-state index in [9.17, 15) is 8.42 Å². The minimum atomic E-state index is -3.03. The molecule has 4 rings (SSSR count). The van der Waals surface area contributed by atoms with Crippen LogP contribution < -0.4 is 4.90 Å². The van der Waals surface area contributed by atoms with E-state index in [1.807, 2.05) is 24.3 Å². The van der Waals surface area contributed by atoms with Crippen molar-refractivity contribution in [2.45, 2.75) is 24.8 Å². The number of benzene rings is 2. The third-order valence-electron chi connectivity index (χ3n) is 4.66. The maximum atomic E-state index is 12.1. The summed E-state index contributed by atoms with van der Waals surface area (Å²) in [5.41, 5.74) is 3.40. The molecule has 136 valence electrons. The van der Waals surface area contributed by atoms with E-state index in [-0.39, 0.29) is 23.6 Å². The number of nitrogens with zero attached hydrogens (tertiary/aromatic N) is 2. The highest BCUT2D eigenvalue weighted by Gasteiger charge is 2.47. The smallest absolute Gasteiger partial charge is 0.164 e.